The molecule has 1 aliphatic heterocycles. The summed E-state index contributed by atoms with van der Waals surface area (Å²) >= 11 is 0. The monoisotopic (exact) mass is 516 g/mol. The summed E-state index contributed by atoms with van der Waals surface area (Å²) in [6.45, 7) is 7.52. The smallest absolute Gasteiger partial charge is 0.409 e. The first kappa shape index (κ1) is 30.3. The molecule has 1 fully saturated rings. The predicted molar refractivity (Wildman–Crippen MR) is 143 cm³/mol. The van der Waals surface area contributed by atoms with E-state index in [-0.39, 0.29) is 48.6 Å². The molecule has 0 spiro atoms. The highest BCUT2D eigenvalue weighted by atomic mass is 16.6. The lowest BCUT2D eigenvalue weighted by atomic mass is 9.81. The van der Waals surface area contributed by atoms with Crippen LogP contribution < -0.4 is 0 Å². The fourth-order valence-corrected chi connectivity index (χ4v) is 4.55. The van der Waals surface area contributed by atoms with Crippen LogP contribution in [0.15, 0.2) is 36.0 Å². The van der Waals surface area contributed by atoms with Crippen LogP contribution in [0.2, 0.25) is 0 Å². The molecule has 0 unspecified atom stereocenters. The lowest BCUT2D eigenvalue weighted by Gasteiger charge is -2.23. The van der Waals surface area contributed by atoms with Crippen molar-refractivity contribution in [2.24, 2.45) is 17.8 Å². The number of hydrogen-bond donors (Lipinski definition) is 0. The number of carbonyl (C=O) groups is 4. The first-order valence-electron chi connectivity index (χ1n) is 13.5. The molecular weight excluding hydrogens is 472 g/mol. The van der Waals surface area contributed by atoms with Gasteiger partial charge in [-0.2, -0.15) is 0 Å². The highest BCUT2D eigenvalue weighted by Crippen LogP contribution is 2.26. The minimum atomic E-state index is -0.596. The minimum absolute atomic E-state index is 0.00806. The van der Waals surface area contributed by atoms with Crippen LogP contribution >= 0.6 is 0 Å². The summed E-state index contributed by atoms with van der Waals surface area (Å²) in [4.78, 5) is 53.1. The fourth-order valence-electron chi connectivity index (χ4n) is 4.55. The number of hydrogen-bond acceptors (Lipinski definition) is 6. The van der Waals surface area contributed by atoms with E-state index in [1.807, 2.05) is 51.2 Å². The molecule has 1 saturated heterocycles. The normalized spacial score (nSPS) is 25.8. The van der Waals surface area contributed by atoms with Crippen molar-refractivity contribution in [1.29, 1.82) is 0 Å². The van der Waals surface area contributed by atoms with Crippen molar-refractivity contribution >= 4 is 23.8 Å². The number of Topliss-reactive ketones (excluding diaryl/α,β-unsaturated/α-hetero) is 2. The van der Waals surface area contributed by atoms with Crippen LogP contribution in [0.4, 0.5) is 9.59 Å². The van der Waals surface area contributed by atoms with E-state index < -0.39 is 12.0 Å². The maximum atomic E-state index is 13.2. The van der Waals surface area contributed by atoms with Crippen molar-refractivity contribution in [3.8, 4) is 0 Å². The molecule has 0 N–H and O–H groups in total. The third-order valence-corrected chi connectivity index (χ3v) is 6.85. The second-order valence-corrected chi connectivity index (χ2v) is 10.5. The lowest BCUT2D eigenvalue weighted by Crippen LogP contribution is -2.30. The Morgan fingerprint density at radius 1 is 1.11 bits per heavy atom. The number of rotatable bonds is 6. The molecule has 2 aliphatic rings. The van der Waals surface area contributed by atoms with Crippen molar-refractivity contribution in [3.05, 3.63) is 36.0 Å². The van der Waals surface area contributed by atoms with Crippen LogP contribution in [0.5, 0.6) is 0 Å². The van der Waals surface area contributed by atoms with Gasteiger partial charge in [0, 0.05) is 39.5 Å². The predicted octanol–water partition coefficient (Wildman–Crippen LogP) is 5.34. The van der Waals surface area contributed by atoms with Gasteiger partial charge in [-0.1, -0.05) is 50.1 Å². The van der Waals surface area contributed by atoms with Crippen molar-refractivity contribution in [2.75, 3.05) is 33.8 Å². The molecule has 1 aliphatic carbocycles. The van der Waals surface area contributed by atoms with Gasteiger partial charge < -0.3 is 19.3 Å². The number of nitrogens with zero attached hydrogens (tertiary/aromatic N) is 2. The first-order chi connectivity index (χ1) is 17.6. The average Bonchev–Trinajstić information content (AvgIpc) is 3.39. The lowest BCUT2D eigenvalue weighted by molar-refractivity contribution is -0.139. The summed E-state index contributed by atoms with van der Waals surface area (Å²) < 4.78 is 11.0. The summed E-state index contributed by atoms with van der Waals surface area (Å²) in [5, 5.41) is 0. The van der Waals surface area contributed by atoms with Gasteiger partial charge in [-0.15, -0.1) is 0 Å². The van der Waals surface area contributed by atoms with E-state index in [1.54, 1.807) is 19.0 Å². The molecule has 0 aromatic rings. The number of ketones is 2. The molecule has 8 nitrogen and oxygen atoms in total. The maximum Gasteiger partial charge on any atom is 0.409 e. The van der Waals surface area contributed by atoms with E-state index in [4.69, 9.17) is 9.47 Å². The summed E-state index contributed by atoms with van der Waals surface area (Å²) in [5.74, 6) is -1.55. The minimum Gasteiger partial charge on any atom is -0.449 e. The SMILES string of the molecule is C/C(=C\C=C\[C@@H](C)COC(=O)N1CCCC1)[C@H]1C(=O)C(=O)CCCCC[C@@H](OC(=O)N(C)C)/C=C/[C@@H]1C. The van der Waals surface area contributed by atoms with Crippen LogP contribution in [0.25, 0.3) is 0 Å². The Morgan fingerprint density at radius 3 is 2.49 bits per heavy atom. The van der Waals surface area contributed by atoms with Crippen molar-refractivity contribution in [2.45, 2.75) is 71.8 Å². The van der Waals surface area contributed by atoms with Crippen LogP contribution in [0, 0.1) is 17.8 Å². The summed E-state index contributed by atoms with van der Waals surface area (Å²) in [5.41, 5.74) is 0.784. The van der Waals surface area contributed by atoms with Gasteiger partial charge in [0.15, 0.2) is 5.78 Å². The van der Waals surface area contributed by atoms with Gasteiger partial charge in [0.25, 0.3) is 0 Å². The number of amides is 2. The van der Waals surface area contributed by atoms with Gasteiger partial charge in [-0.3, -0.25) is 9.59 Å². The van der Waals surface area contributed by atoms with Gasteiger partial charge >= 0.3 is 12.2 Å². The molecule has 0 bridgehead atoms. The van der Waals surface area contributed by atoms with Crippen LogP contribution in [0.1, 0.15) is 65.7 Å². The van der Waals surface area contributed by atoms with E-state index in [1.165, 1.54) is 4.90 Å². The Hall–Kier alpha value is -2.90. The summed E-state index contributed by atoms with van der Waals surface area (Å²) in [7, 11) is 3.29. The summed E-state index contributed by atoms with van der Waals surface area (Å²) in [6, 6.07) is 0. The van der Waals surface area contributed by atoms with Crippen molar-refractivity contribution in [1.82, 2.24) is 9.80 Å². The van der Waals surface area contributed by atoms with Gasteiger partial charge in [0.05, 0.1) is 12.5 Å². The number of ether oxygens (including phenoxy) is 2. The Bertz CT molecular complexity index is 885. The molecule has 0 aromatic heterocycles. The third-order valence-electron chi connectivity index (χ3n) is 6.85. The zero-order valence-corrected chi connectivity index (χ0v) is 23.1. The average molecular weight is 517 g/mol. The quantitative estimate of drug-likeness (QED) is 0.269. The van der Waals surface area contributed by atoms with E-state index in [0.717, 1.165) is 44.3 Å². The van der Waals surface area contributed by atoms with Gasteiger partial charge in [0.2, 0.25) is 5.78 Å². The largest absolute Gasteiger partial charge is 0.449 e. The van der Waals surface area contributed by atoms with E-state index >= 15 is 0 Å². The molecule has 0 saturated carbocycles. The Kier molecular flexibility index (Phi) is 12.6. The molecule has 4 atom stereocenters. The number of carbonyl (C=O) groups excluding carboxylic acids is 4. The van der Waals surface area contributed by atoms with Gasteiger partial charge in [-0.05, 0) is 51.0 Å². The molecule has 2 rings (SSSR count). The molecule has 8 heteroatoms. The highest BCUT2D eigenvalue weighted by molar-refractivity contribution is 6.38. The van der Waals surface area contributed by atoms with Crippen molar-refractivity contribution in [3.63, 3.8) is 0 Å². The van der Waals surface area contributed by atoms with E-state index in [2.05, 4.69) is 0 Å². The maximum absolute atomic E-state index is 13.2. The van der Waals surface area contributed by atoms with Gasteiger partial charge in [-0.25, -0.2) is 9.59 Å². The van der Waals surface area contributed by atoms with Crippen LogP contribution in [-0.4, -0.2) is 73.4 Å². The fraction of sp³-hybridized carbons (Fsp3) is 0.655. The zero-order chi connectivity index (χ0) is 27.4. The molecular formula is C29H44N2O6. The zero-order valence-electron chi connectivity index (χ0n) is 23.1. The molecule has 0 radical (unpaired) electrons. The summed E-state index contributed by atoms with van der Waals surface area (Å²) in [6.07, 6.45) is 13.5. The van der Waals surface area contributed by atoms with Gasteiger partial charge in [0.1, 0.15) is 6.10 Å². The molecule has 1 heterocycles. The number of allylic oxidation sites excluding steroid dienone is 4. The topological polar surface area (TPSA) is 93.2 Å². The second kappa shape index (κ2) is 15.4. The number of likely N-dealkylation sites (tertiary alicyclic amines) is 1. The van der Waals surface area contributed by atoms with E-state index in [0.29, 0.717) is 12.8 Å². The Balaban J connectivity index is 2.09. The second-order valence-electron chi connectivity index (χ2n) is 10.5. The van der Waals surface area contributed by atoms with Crippen molar-refractivity contribution < 1.29 is 28.7 Å². The first-order valence-corrected chi connectivity index (χ1v) is 13.5. The Morgan fingerprint density at radius 2 is 1.81 bits per heavy atom. The van der Waals surface area contributed by atoms with E-state index in [9.17, 15) is 19.2 Å². The molecule has 0 aromatic carbocycles. The Labute approximate surface area is 221 Å². The highest BCUT2D eigenvalue weighted by Gasteiger charge is 2.30. The van der Waals surface area contributed by atoms with Crippen LogP contribution in [-0.2, 0) is 19.1 Å². The molecule has 2 amide bonds. The molecule has 206 valence electrons. The standard InChI is InChI=1S/C29H44N2O6/c1-21(20-36-29(35)31-18-9-10-19-31)12-11-13-22(2)26-23(3)16-17-24(37-28(34)30(4)5)14-7-6-8-15-25(32)27(26)33/h11-13,16-17,21,23-24,26H,6-10,14-15,18-20H2,1-5H3/b12-11+,17-16+,22-13+/t21-,23+,24-,26-/m1/s1. The molecule has 37 heavy (non-hydrogen) atoms. The third kappa shape index (κ3) is 10.2. The van der Waals surface area contributed by atoms with Crippen LogP contribution in [0.3, 0.4) is 0 Å².